The van der Waals surface area contributed by atoms with Crippen LogP contribution >= 0.6 is 0 Å². The van der Waals surface area contributed by atoms with E-state index in [0.29, 0.717) is 5.56 Å². The number of hydrogen-bond acceptors (Lipinski definition) is 32. The van der Waals surface area contributed by atoms with E-state index >= 15 is 0 Å². The van der Waals surface area contributed by atoms with Crippen molar-refractivity contribution in [3.05, 3.63) is 53.6 Å². The van der Waals surface area contributed by atoms with Gasteiger partial charge in [0, 0.05) is 89.2 Å². The molecular weight excluding hydrogens is 1220 g/mol. The molecule has 3 aliphatic heterocycles. The molecule has 0 aliphatic carbocycles. The summed E-state index contributed by atoms with van der Waals surface area (Å²) in [5.41, 5.74) is 0.524. The summed E-state index contributed by atoms with van der Waals surface area (Å²) >= 11 is 0. The summed E-state index contributed by atoms with van der Waals surface area (Å²) in [6.45, 7) is 11.7. The predicted molar refractivity (Wildman–Crippen MR) is 295 cm³/mol. The summed E-state index contributed by atoms with van der Waals surface area (Å²) in [5.74, 6) is -12.8. The Bertz CT molecular complexity index is 3060. The van der Waals surface area contributed by atoms with Crippen molar-refractivity contribution in [2.24, 2.45) is 0 Å². The van der Waals surface area contributed by atoms with Crippen molar-refractivity contribution in [1.29, 1.82) is 0 Å². The van der Waals surface area contributed by atoms with Crippen LogP contribution in [0, 0.1) is 0 Å². The summed E-state index contributed by atoms with van der Waals surface area (Å²) < 4.78 is 110. The first-order chi connectivity index (χ1) is 42.8. The number of carbonyl (C=O) groups is 13. The molecule has 3 saturated heterocycles. The van der Waals surface area contributed by atoms with Crippen LogP contribution in [0.25, 0.3) is 6.08 Å². The molecule has 3 fully saturated rings. The summed E-state index contributed by atoms with van der Waals surface area (Å²) in [6.07, 6.45) is -24.9. The van der Waals surface area contributed by atoms with Crippen molar-refractivity contribution >= 4 is 83.7 Å². The summed E-state index contributed by atoms with van der Waals surface area (Å²) in [6, 6.07) is 8.03. The Kier molecular flexibility index (Phi) is 27.0. The first-order valence-corrected chi connectivity index (χ1v) is 27.9. The van der Waals surface area contributed by atoms with Gasteiger partial charge in [-0.05, 0) is 54.8 Å². The Morgan fingerprint density at radius 3 is 1.30 bits per heavy atom. The van der Waals surface area contributed by atoms with Crippen LogP contribution in [0.1, 0.15) is 101 Å². The van der Waals surface area contributed by atoms with Gasteiger partial charge in [0.05, 0.1) is 19.3 Å². The number of benzene rings is 2. The molecule has 5 rings (SSSR count). The summed E-state index contributed by atoms with van der Waals surface area (Å²) in [7, 11) is 0. The van der Waals surface area contributed by atoms with Crippen molar-refractivity contribution in [3.8, 4) is 23.0 Å². The fraction of sp³-hybridized carbons (Fsp3) is 0.542. The average Bonchev–Trinajstić information content (AvgIpc) is 0.846. The fourth-order valence-corrected chi connectivity index (χ4v) is 9.42. The molecule has 32 nitrogen and oxygen atoms in total. The highest BCUT2D eigenvalue weighted by atomic mass is 16.8. The topological polar surface area (TPSA) is 397 Å². The Labute approximate surface area is 519 Å². The van der Waals surface area contributed by atoms with Gasteiger partial charge in [0.2, 0.25) is 0 Å². The van der Waals surface area contributed by atoms with E-state index in [-0.39, 0.29) is 35.0 Å². The molecule has 0 N–H and O–H groups in total. The molecule has 3 aliphatic rings. The first kappa shape index (κ1) is 72.8. The maximum absolute atomic E-state index is 14.5. The minimum absolute atomic E-state index is 0.0949. The van der Waals surface area contributed by atoms with Crippen LogP contribution in [0.4, 0.5) is 0 Å². The molecule has 0 unspecified atom stereocenters. The molecule has 0 bridgehead atoms. The number of carbonyl (C=O) groups excluding carboxylic acids is 13. The Hall–Kier alpha value is -8.95. The molecule has 0 radical (unpaired) electrons. The number of esters is 13. The van der Waals surface area contributed by atoms with Gasteiger partial charge in [-0.3, -0.25) is 57.5 Å². The highest BCUT2D eigenvalue weighted by molar-refractivity contribution is 5.87. The lowest BCUT2D eigenvalue weighted by molar-refractivity contribution is -0.365. The second kappa shape index (κ2) is 33.8. The first-order valence-electron chi connectivity index (χ1n) is 27.9. The minimum atomic E-state index is -2.02. The molecule has 498 valence electrons. The van der Waals surface area contributed by atoms with Crippen LogP contribution in [0.3, 0.4) is 0 Å². The third-order valence-electron chi connectivity index (χ3n) is 12.5. The molecular formula is C59H70O32. The van der Waals surface area contributed by atoms with Crippen molar-refractivity contribution in [3.63, 3.8) is 0 Å². The standard InChI is InChI=1S/C59H70O32/c1-26-48(81-32(7)65)51(83-34(9)67)56(87-38(13)71)59(76-26)91-53-50(90-47(72)19-16-39-14-17-41(77-28(3)61)43(22-39)79-30(5)63)46(25-75-58-54(85-36(11)69)52(84-35(10)68)49(82-33(8)66)45(89-58)24-74-27(2)60)88-57(55(53)86-37(12)70)73-21-20-40-15-18-42(78-29(4)62)44(23-40)80-31(6)64/h14-19,22-23,26,45-46,48-59H,20-21,24-25H2,1-13H3/b19-16+/t26-,45+,46+,48-,49+,50+,51+,52-,53-,54+,55+,56+,57+,58+,59-/m0/s1. The molecule has 0 amide bonds. The van der Waals surface area contributed by atoms with Crippen LogP contribution in [0.2, 0.25) is 0 Å². The van der Waals surface area contributed by atoms with E-state index in [9.17, 15) is 62.3 Å². The van der Waals surface area contributed by atoms with E-state index in [1.54, 1.807) is 0 Å². The Morgan fingerprint density at radius 1 is 0.385 bits per heavy atom. The van der Waals surface area contributed by atoms with Crippen LogP contribution in [0.15, 0.2) is 42.5 Å². The van der Waals surface area contributed by atoms with Crippen LogP contribution in [0.5, 0.6) is 23.0 Å². The highest BCUT2D eigenvalue weighted by Crippen LogP contribution is 2.38. The lowest BCUT2D eigenvalue weighted by Gasteiger charge is -2.49. The molecule has 15 atom stereocenters. The van der Waals surface area contributed by atoms with E-state index in [0.717, 1.165) is 95.2 Å². The van der Waals surface area contributed by atoms with E-state index < -0.39 is 190 Å². The SMILES string of the molecule is CC(=O)OC[C@H]1O[C@@H](OC[C@H]2O[C@@H](OCCc3ccc(OC(C)=O)c(OC(C)=O)c3)[C@H](OC(C)=O)[C@@H](O[C@@H]3O[C@@H](C)[C@H](OC(C)=O)[C@@H](OC(C)=O)[C@H]3OC(C)=O)[C@@H]2OC(=O)/C=C/c2ccc(OC(C)=O)c(OC(C)=O)c2)[C@H](OC(C)=O)[C@@H](OC(C)=O)[C@@H]1OC(C)=O. The Morgan fingerprint density at radius 2 is 0.791 bits per heavy atom. The third-order valence-corrected chi connectivity index (χ3v) is 12.5. The minimum Gasteiger partial charge on any atom is -0.463 e. The van der Waals surface area contributed by atoms with E-state index in [1.165, 1.54) is 43.3 Å². The van der Waals surface area contributed by atoms with Gasteiger partial charge in [-0.15, -0.1) is 0 Å². The van der Waals surface area contributed by atoms with E-state index in [1.807, 2.05) is 0 Å². The van der Waals surface area contributed by atoms with E-state index in [2.05, 4.69) is 0 Å². The van der Waals surface area contributed by atoms with Crippen molar-refractivity contribution in [2.75, 3.05) is 19.8 Å². The molecule has 3 heterocycles. The molecule has 0 spiro atoms. The zero-order valence-corrected chi connectivity index (χ0v) is 51.7. The van der Waals surface area contributed by atoms with E-state index in [4.69, 9.17) is 90.0 Å². The van der Waals surface area contributed by atoms with Crippen molar-refractivity contribution in [2.45, 2.75) is 189 Å². The molecule has 0 aromatic heterocycles. The Balaban J connectivity index is 1.74. The molecule has 2 aromatic carbocycles. The summed E-state index contributed by atoms with van der Waals surface area (Å²) in [5, 5.41) is 0. The number of hydrogen-bond donors (Lipinski definition) is 0. The maximum atomic E-state index is 14.5. The smallest absolute Gasteiger partial charge is 0.331 e. The van der Waals surface area contributed by atoms with Gasteiger partial charge in [-0.1, -0.05) is 12.1 Å². The average molecular weight is 1290 g/mol. The van der Waals surface area contributed by atoms with Gasteiger partial charge >= 0.3 is 77.6 Å². The van der Waals surface area contributed by atoms with Gasteiger partial charge in [-0.2, -0.15) is 0 Å². The molecule has 2 aromatic rings. The molecule has 91 heavy (non-hydrogen) atoms. The quantitative estimate of drug-likeness (QED) is 0.0595. The van der Waals surface area contributed by atoms with Crippen molar-refractivity contribution in [1.82, 2.24) is 0 Å². The van der Waals surface area contributed by atoms with Crippen molar-refractivity contribution < 1.29 is 152 Å². The molecule has 32 heteroatoms. The predicted octanol–water partition coefficient (Wildman–Crippen LogP) is 2.25. The largest absolute Gasteiger partial charge is 0.463 e. The summed E-state index contributed by atoms with van der Waals surface area (Å²) in [4.78, 5) is 165. The maximum Gasteiger partial charge on any atom is 0.331 e. The molecule has 0 saturated carbocycles. The number of ether oxygens (including phenoxy) is 19. The monoisotopic (exact) mass is 1290 g/mol. The second-order valence-corrected chi connectivity index (χ2v) is 20.3. The van der Waals surface area contributed by atoms with Gasteiger partial charge < -0.3 is 90.0 Å². The van der Waals surface area contributed by atoms with Crippen LogP contribution in [-0.2, 0) is 140 Å². The third kappa shape index (κ3) is 22.5. The number of rotatable bonds is 25. The lowest BCUT2D eigenvalue weighted by atomic mass is 9.96. The van der Waals surface area contributed by atoms with Crippen LogP contribution in [-0.4, -0.2) is 190 Å². The van der Waals surface area contributed by atoms with Gasteiger partial charge in [0.25, 0.3) is 0 Å². The van der Waals surface area contributed by atoms with Crippen LogP contribution < -0.4 is 18.9 Å². The van der Waals surface area contributed by atoms with Gasteiger partial charge in [0.15, 0.2) is 90.7 Å². The second-order valence-electron chi connectivity index (χ2n) is 20.3. The van der Waals surface area contributed by atoms with Gasteiger partial charge in [-0.25, -0.2) is 4.79 Å². The zero-order valence-electron chi connectivity index (χ0n) is 51.7. The normalized spacial score (nSPS) is 26.0. The van der Waals surface area contributed by atoms with Gasteiger partial charge in [0.1, 0.15) is 24.9 Å². The lowest BCUT2D eigenvalue weighted by Crippen LogP contribution is -2.67. The fourth-order valence-electron chi connectivity index (χ4n) is 9.42. The highest BCUT2D eigenvalue weighted by Gasteiger charge is 2.58. The zero-order chi connectivity index (χ0) is 67.6.